The third-order valence-corrected chi connectivity index (χ3v) is 5.35. The molecule has 1 aromatic carbocycles. The van der Waals surface area contributed by atoms with Crippen LogP contribution in [0.4, 0.5) is 16.3 Å². The smallest absolute Gasteiger partial charge is 0.316 e. The zero-order valence-corrected chi connectivity index (χ0v) is 18.6. The molecule has 0 bridgehead atoms. The number of nitrogens with one attached hydrogen (secondary N) is 2. The van der Waals surface area contributed by atoms with E-state index < -0.39 is 17.8 Å². The number of hydrogen-bond donors (Lipinski definition) is 4. The SMILES string of the molecule is NC(=O)Nc1ccc2c(c1)c(C(N)=O)nn2CC(=O)N(CC(=O)Nc1cccc(Cl)n1)C1CC1. The molecule has 0 aliphatic heterocycles. The summed E-state index contributed by atoms with van der Waals surface area (Å²) in [5.41, 5.74) is 11.3. The Morgan fingerprint density at radius 3 is 2.53 bits per heavy atom. The number of halogens is 1. The van der Waals surface area contributed by atoms with E-state index >= 15 is 0 Å². The van der Waals surface area contributed by atoms with Gasteiger partial charge in [-0.2, -0.15) is 5.10 Å². The number of carbonyl (C=O) groups excluding carboxylic acids is 4. The predicted octanol–water partition coefficient (Wildman–Crippen LogP) is 1.30. The quantitative estimate of drug-likeness (QED) is 0.350. The molecule has 12 nitrogen and oxygen atoms in total. The van der Waals surface area contributed by atoms with E-state index in [1.54, 1.807) is 30.3 Å². The van der Waals surface area contributed by atoms with Crippen molar-refractivity contribution in [2.45, 2.75) is 25.4 Å². The molecule has 3 aromatic rings. The van der Waals surface area contributed by atoms with Crippen LogP contribution >= 0.6 is 11.6 Å². The van der Waals surface area contributed by atoms with Gasteiger partial charge in [-0.05, 0) is 43.2 Å². The first-order chi connectivity index (χ1) is 16.2. The van der Waals surface area contributed by atoms with Gasteiger partial charge in [0.25, 0.3) is 5.91 Å². The highest BCUT2D eigenvalue weighted by molar-refractivity contribution is 6.29. The molecule has 34 heavy (non-hydrogen) atoms. The Kier molecular flexibility index (Phi) is 6.32. The molecule has 5 amide bonds. The van der Waals surface area contributed by atoms with E-state index in [4.69, 9.17) is 23.1 Å². The maximum Gasteiger partial charge on any atom is 0.316 e. The number of rotatable bonds is 8. The van der Waals surface area contributed by atoms with Crippen molar-refractivity contribution in [3.63, 3.8) is 0 Å². The van der Waals surface area contributed by atoms with Crippen molar-refractivity contribution in [1.82, 2.24) is 19.7 Å². The Hall–Kier alpha value is -4.19. The molecule has 0 saturated heterocycles. The van der Waals surface area contributed by atoms with Gasteiger partial charge in [-0.25, -0.2) is 9.78 Å². The van der Waals surface area contributed by atoms with Crippen LogP contribution < -0.4 is 22.1 Å². The summed E-state index contributed by atoms with van der Waals surface area (Å²) in [5.74, 6) is -1.28. The third-order valence-electron chi connectivity index (χ3n) is 5.14. The van der Waals surface area contributed by atoms with E-state index in [-0.39, 0.29) is 41.7 Å². The lowest BCUT2D eigenvalue weighted by atomic mass is 10.2. The van der Waals surface area contributed by atoms with Gasteiger partial charge < -0.3 is 27.0 Å². The van der Waals surface area contributed by atoms with E-state index in [1.807, 2.05) is 0 Å². The third kappa shape index (κ3) is 5.23. The first kappa shape index (κ1) is 23.0. The summed E-state index contributed by atoms with van der Waals surface area (Å²) < 4.78 is 1.34. The van der Waals surface area contributed by atoms with E-state index in [9.17, 15) is 19.2 Å². The number of hydrogen-bond acceptors (Lipinski definition) is 6. The summed E-state index contributed by atoms with van der Waals surface area (Å²) in [7, 11) is 0. The van der Waals surface area contributed by atoms with Crippen LogP contribution in [0.5, 0.6) is 0 Å². The van der Waals surface area contributed by atoms with Crippen LogP contribution in [0, 0.1) is 0 Å². The lowest BCUT2D eigenvalue weighted by molar-refractivity contribution is -0.135. The number of nitrogens with zero attached hydrogens (tertiary/aromatic N) is 4. The monoisotopic (exact) mass is 484 g/mol. The van der Waals surface area contributed by atoms with Gasteiger partial charge in [-0.1, -0.05) is 17.7 Å². The summed E-state index contributed by atoms with van der Waals surface area (Å²) in [5, 5.41) is 9.83. The van der Waals surface area contributed by atoms with Gasteiger partial charge in [0.05, 0.1) is 5.52 Å². The Bertz CT molecular complexity index is 1300. The normalized spacial score (nSPS) is 12.9. The minimum absolute atomic E-state index is 0.0568. The van der Waals surface area contributed by atoms with E-state index in [1.165, 1.54) is 15.6 Å². The van der Waals surface area contributed by atoms with E-state index in [0.717, 1.165) is 12.8 Å². The summed E-state index contributed by atoms with van der Waals surface area (Å²) in [6, 6.07) is 8.64. The van der Waals surface area contributed by atoms with Gasteiger partial charge in [-0.3, -0.25) is 19.1 Å². The molecule has 1 fully saturated rings. The van der Waals surface area contributed by atoms with Gasteiger partial charge in [0, 0.05) is 17.1 Å². The Morgan fingerprint density at radius 1 is 1.12 bits per heavy atom. The van der Waals surface area contributed by atoms with Crippen LogP contribution in [0.2, 0.25) is 5.15 Å². The highest BCUT2D eigenvalue weighted by Crippen LogP contribution is 2.28. The minimum atomic E-state index is -0.792. The molecule has 0 radical (unpaired) electrons. The molecule has 1 saturated carbocycles. The molecule has 1 aliphatic rings. The number of pyridine rings is 1. The summed E-state index contributed by atoms with van der Waals surface area (Å²) in [6.45, 7) is -0.391. The standard InChI is InChI=1S/C21H21ClN8O4/c22-15-2-1-3-16(26-15)27-17(31)9-29(12-5-6-12)18(32)10-30-14-7-4-11(25-21(24)34)8-13(14)19(28-30)20(23)33/h1-4,7-8,12H,5-6,9-10H2,(H2,23,33)(H3,24,25,34)(H,26,27,31). The average molecular weight is 485 g/mol. The van der Waals surface area contributed by atoms with Gasteiger partial charge in [0.1, 0.15) is 24.1 Å². The summed E-state index contributed by atoms with van der Waals surface area (Å²) in [4.78, 5) is 54.2. The Labute approximate surface area is 198 Å². The number of nitrogens with two attached hydrogens (primary N) is 2. The highest BCUT2D eigenvalue weighted by atomic mass is 35.5. The maximum absolute atomic E-state index is 13.1. The molecule has 176 valence electrons. The molecule has 0 unspecified atom stereocenters. The number of urea groups is 1. The molecule has 6 N–H and O–H groups in total. The van der Waals surface area contributed by atoms with E-state index in [0.29, 0.717) is 16.6 Å². The van der Waals surface area contributed by atoms with Gasteiger partial charge in [0.15, 0.2) is 5.69 Å². The predicted molar refractivity (Wildman–Crippen MR) is 124 cm³/mol. The molecule has 0 atom stereocenters. The van der Waals surface area contributed by atoms with Crippen molar-refractivity contribution in [3.05, 3.63) is 47.2 Å². The molecule has 2 aromatic heterocycles. The Balaban J connectivity index is 1.53. The zero-order chi connectivity index (χ0) is 24.4. The average Bonchev–Trinajstić information content (AvgIpc) is 3.53. The van der Waals surface area contributed by atoms with Crippen molar-refractivity contribution in [2.75, 3.05) is 17.2 Å². The number of primary amides is 2. The molecular formula is C21H21ClN8O4. The maximum atomic E-state index is 13.1. The minimum Gasteiger partial charge on any atom is -0.364 e. The number of aromatic nitrogens is 3. The number of benzene rings is 1. The second kappa shape index (κ2) is 9.35. The summed E-state index contributed by atoms with van der Waals surface area (Å²) >= 11 is 5.85. The van der Waals surface area contributed by atoms with Crippen LogP contribution in [-0.2, 0) is 16.1 Å². The second-order valence-electron chi connectivity index (χ2n) is 7.74. The van der Waals surface area contributed by atoms with Crippen molar-refractivity contribution in [3.8, 4) is 0 Å². The van der Waals surface area contributed by atoms with Crippen LogP contribution in [-0.4, -0.2) is 56.0 Å². The topological polar surface area (TPSA) is 178 Å². The van der Waals surface area contributed by atoms with Gasteiger partial charge in [-0.15, -0.1) is 0 Å². The van der Waals surface area contributed by atoms with Crippen molar-refractivity contribution < 1.29 is 19.2 Å². The molecule has 4 rings (SSSR count). The van der Waals surface area contributed by atoms with Crippen LogP contribution in [0.25, 0.3) is 10.9 Å². The van der Waals surface area contributed by atoms with Crippen molar-refractivity contribution in [2.24, 2.45) is 11.5 Å². The second-order valence-corrected chi connectivity index (χ2v) is 8.13. The molecule has 13 heteroatoms. The van der Waals surface area contributed by atoms with Crippen molar-refractivity contribution >= 4 is 57.8 Å². The summed E-state index contributed by atoms with van der Waals surface area (Å²) in [6.07, 6.45) is 1.56. The lowest BCUT2D eigenvalue weighted by Gasteiger charge is -2.22. The molecular weight excluding hydrogens is 464 g/mol. The molecule has 1 aliphatic carbocycles. The van der Waals surface area contributed by atoms with Crippen LogP contribution in [0.1, 0.15) is 23.3 Å². The first-order valence-corrected chi connectivity index (χ1v) is 10.7. The van der Waals surface area contributed by atoms with Crippen LogP contribution in [0.3, 0.4) is 0 Å². The van der Waals surface area contributed by atoms with Crippen LogP contribution in [0.15, 0.2) is 36.4 Å². The fourth-order valence-corrected chi connectivity index (χ4v) is 3.71. The highest BCUT2D eigenvalue weighted by Gasteiger charge is 2.34. The van der Waals surface area contributed by atoms with Gasteiger partial charge >= 0.3 is 6.03 Å². The fourth-order valence-electron chi connectivity index (χ4n) is 3.54. The lowest BCUT2D eigenvalue weighted by Crippen LogP contribution is -2.41. The molecule has 0 spiro atoms. The number of anilines is 2. The number of fused-ring (bicyclic) bond motifs is 1. The van der Waals surface area contributed by atoms with E-state index in [2.05, 4.69) is 20.7 Å². The largest absolute Gasteiger partial charge is 0.364 e. The van der Waals surface area contributed by atoms with Crippen molar-refractivity contribution in [1.29, 1.82) is 0 Å². The first-order valence-electron chi connectivity index (χ1n) is 10.3. The molecule has 2 heterocycles. The number of carbonyl (C=O) groups is 4. The Morgan fingerprint density at radius 2 is 1.88 bits per heavy atom. The zero-order valence-electron chi connectivity index (χ0n) is 17.8. The van der Waals surface area contributed by atoms with Gasteiger partial charge in [0.2, 0.25) is 11.8 Å². The fraction of sp³-hybridized carbons (Fsp3) is 0.238. The number of amides is 5.